The molecule has 1 aromatic heterocycles. The van der Waals surface area contributed by atoms with Gasteiger partial charge in [-0.25, -0.2) is 0 Å². The van der Waals surface area contributed by atoms with Crippen LogP contribution in [0, 0.1) is 6.92 Å². The van der Waals surface area contributed by atoms with Crippen LogP contribution >= 0.6 is 0 Å². The number of carbonyl (C=O) groups excluding carboxylic acids is 1. The number of amides is 1. The molecule has 0 aliphatic heterocycles. The lowest BCUT2D eigenvalue weighted by Crippen LogP contribution is -2.30. The van der Waals surface area contributed by atoms with E-state index in [4.69, 9.17) is 9.26 Å². The largest absolute Gasteiger partial charge is 0.496 e. The summed E-state index contributed by atoms with van der Waals surface area (Å²) in [7, 11) is 1.63. The van der Waals surface area contributed by atoms with Gasteiger partial charge in [-0.1, -0.05) is 23.4 Å². The first-order valence-corrected chi connectivity index (χ1v) is 6.69. The molecule has 6 nitrogen and oxygen atoms in total. The number of aryl methyl sites for hydroxylation is 1. The van der Waals surface area contributed by atoms with Crippen molar-refractivity contribution in [2.24, 2.45) is 0 Å². The maximum absolute atomic E-state index is 11.8. The van der Waals surface area contributed by atoms with Gasteiger partial charge in [0.1, 0.15) is 11.5 Å². The smallest absolute Gasteiger partial charge is 0.239 e. The first-order valence-electron chi connectivity index (χ1n) is 6.69. The Hall–Kier alpha value is -2.34. The Balaban J connectivity index is 1.88. The first kappa shape index (κ1) is 15.1. The molecule has 21 heavy (non-hydrogen) atoms. The summed E-state index contributed by atoms with van der Waals surface area (Å²) >= 11 is 0. The predicted molar refractivity (Wildman–Crippen MR) is 79.3 cm³/mol. The Morgan fingerprint density at radius 1 is 1.43 bits per heavy atom. The van der Waals surface area contributed by atoms with Crippen molar-refractivity contribution >= 4 is 11.7 Å². The molecule has 0 aliphatic carbocycles. The number of methoxy groups -OCH3 is 1. The summed E-state index contributed by atoms with van der Waals surface area (Å²) in [6.45, 7) is 3.92. The summed E-state index contributed by atoms with van der Waals surface area (Å²) in [5.41, 5.74) is 1.00. The summed E-state index contributed by atoms with van der Waals surface area (Å²) in [5, 5.41) is 9.52. The van der Waals surface area contributed by atoms with E-state index in [0.29, 0.717) is 11.6 Å². The minimum atomic E-state index is -0.176. The van der Waals surface area contributed by atoms with Gasteiger partial charge >= 0.3 is 0 Å². The van der Waals surface area contributed by atoms with Crippen molar-refractivity contribution in [3.05, 3.63) is 41.7 Å². The molecule has 0 bridgehead atoms. The zero-order valence-electron chi connectivity index (χ0n) is 12.3. The summed E-state index contributed by atoms with van der Waals surface area (Å²) in [6.07, 6.45) is 0. The third kappa shape index (κ3) is 4.06. The molecule has 1 aromatic carbocycles. The number of anilines is 1. The van der Waals surface area contributed by atoms with E-state index in [1.807, 2.05) is 31.2 Å². The summed E-state index contributed by atoms with van der Waals surface area (Å²) < 4.78 is 10.2. The van der Waals surface area contributed by atoms with Gasteiger partial charge in [-0.05, 0) is 19.9 Å². The highest BCUT2D eigenvalue weighted by atomic mass is 16.5. The Morgan fingerprint density at radius 2 is 2.19 bits per heavy atom. The molecule has 0 spiro atoms. The average Bonchev–Trinajstić information content (AvgIpc) is 2.89. The van der Waals surface area contributed by atoms with E-state index < -0.39 is 0 Å². The number of para-hydroxylation sites is 1. The monoisotopic (exact) mass is 289 g/mol. The zero-order valence-corrected chi connectivity index (χ0v) is 12.3. The van der Waals surface area contributed by atoms with Crippen molar-refractivity contribution in [2.75, 3.05) is 19.0 Å². The standard InChI is InChI=1S/C15H19N3O3/c1-10-8-14(18-21-10)17-15(19)9-16-11(2)12-6-4-5-7-13(12)20-3/h4-8,11,16H,9H2,1-3H3,(H,17,18,19)/t11-/m0/s1. The molecular formula is C15H19N3O3. The van der Waals surface area contributed by atoms with Crippen LogP contribution in [-0.2, 0) is 4.79 Å². The van der Waals surface area contributed by atoms with Crippen LogP contribution in [0.25, 0.3) is 0 Å². The predicted octanol–water partition coefficient (Wildman–Crippen LogP) is 2.28. The first-order chi connectivity index (χ1) is 10.1. The number of ether oxygens (including phenoxy) is 1. The third-order valence-corrected chi connectivity index (χ3v) is 3.07. The third-order valence-electron chi connectivity index (χ3n) is 3.07. The van der Waals surface area contributed by atoms with Crippen LogP contribution in [0.4, 0.5) is 5.82 Å². The average molecular weight is 289 g/mol. The number of rotatable bonds is 6. The second-order valence-electron chi connectivity index (χ2n) is 4.72. The highest BCUT2D eigenvalue weighted by Crippen LogP contribution is 2.23. The van der Waals surface area contributed by atoms with Crippen molar-refractivity contribution in [3.63, 3.8) is 0 Å². The van der Waals surface area contributed by atoms with Crippen molar-refractivity contribution in [1.82, 2.24) is 10.5 Å². The molecule has 0 fully saturated rings. The van der Waals surface area contributed by atoms with Crippen molar-refractivity contribution in [2.45, 2.75) is 19.9 Å². The van der Waals surface area contributed by atoms with Gasteiger partial charge in [-0.15, -0.1) is 0 Å². The molecule has 1 amide bonds. The van der Waals surface area contributed by atoms with Gasteiger partial charge in [0, 0.05) is 17.7 Å². The number of nitrogens with one attached hydrogen (secondary N) is 2. The highest BCUT2D eigenvalue weighted by molar-refractivity contribution is 5.91. The molecule has 2 rings (SSSR count). The van der Waals surface area contributed by atoms with Gasteiger partial charge in [0.05, 0.1) is 13.7 Å². The van der Waals surface area contributed by atoms with E-state index in [2.05, 4.69) is 15.8 Å². The number of hydrogen-bond donors (Lipinski definition) is 2. The van der Waals surface area contributed by atoms with Crippen molar-refractivity contribution in [3.8, 4) is 5.75 Å². The maximum Gasteiger partial charge on any atom is 0.239 e. The number of benzene rings is 1. The van der Waals surface area contributed by atoms with Gasteiger partial charge in [-0.2, -0.15) is 0 Å². The van der Waals surface area contributed by atoms with Gasteiger partial charge in [0.2, 0.25) is 5.91 Å². The minimum absolute atomic E-state index is 0.00838. The number of carbonyl (C=O) groups is 1. The van der Waals surface area contributed by atoms with E-state index in [-0.39, 0.29) is 18.5 Å². The molecule has 2 aromatic rings. The maximum atomic E-state index is 11.8. The summed E-state index contributed by atoms with van der Waals surface area (Å²) in [6, 6.07) is 9.37. The Kier molecular flexibility index (Phi) is 4.94. The molecule has 6 heteroatoms. The molecule has 1 heterocycles. The molecule has 1 atom stereocenters. The van der Waals surface area contributed by atoms with Crippen molar-refractivity contribution in [1.29, 1.82) is 0 Å². The molecule has 0 aliphatic rings. The second-order valence-corrected chi connectivity index (χ2v) is 4.72. The van der Waals surface area contributed by atoms with Crippen LogP contribution in [0.5, 0.6) is 5.75 Å². The van der Waals surface area contributed by atoms with Gasteiger partial charge < -0.3 is 19.9 Å². The number of hydrogen-bond acceptors (Lipinski definition) is 5. The van der Waals surface area contributed by atoms with Crippen molar-refractivity contribution < 1.29 is 14.1 Å². The summed E-state index contributed by atoms with van der Waals surface area (Å²) in [5.74, 6) is 1.69. The van der Waals surface area contributed by atoms with E-state index in [1.165, 1.54) is 0 Å². The van der Waals surface area contributed by atoms with Gasteiger partial charge in [0.25, 0.3) is 0 Å². The zero-order chi connectivity index (χ0) is 15.2. The molecule has 112 valence electrons. The van der Waals surface area contributed by atoms with E-state index in [0.717, 1.165) is 11.3 Å². The second kappa shape index (κ2) is 6.90. The molecular weight excluding hydrogens is 270 g/mol. The van der Waals surface area contributed by atoms with Crippen LogP contribution < -0.4 is 15.4 Å². The SMILES string of the molecule is COc1ccccc1[C@H](C)NCC(=O)Nc1cc(C)on1. The lowest BCUT2D eigenvalue weighted by molar-refractivity contribution is -0.115. The van der Waals surface area contributed by atoms with Gasteiger partial charge in [0.15, 0.2) is 5.82 Å². The van der Waals surface area contributed by atoms with Crippen LogP contribution in [0.2, 0.25) is 0 Å². The normalized spacial score (nSPS) is 12.0. The van der Waals surface area contributed by atoms with E-state index in [9.17, 15) is 4.79 Å². The fraction of sp³-hybridized carbons (Fsp3) is 0.333. The molecule has 2 N–H and O–H groups in total. The summed E-state index contributed by atoms with van der Waals surface area (Å²) in [4.78, 5) is 11.8. The topological polar surface area (TPSA) is 76.4 Å². The fourth-order valence-corrected chi connectivity index (χ4v) is 1.99. The lowest BCUT2D eigenvalue weighted by Gasteiger charge is -2.16. The molecule has 0 unspecified atom stereocenters. The molecule has 0 saturated carbocycles. The van der Waals surface area contributed by atoms with Gasteiger partial charge in [-0.3, -0.25) is 4.79 Å². The van der Waals surface area contributed by atoms with Crippen LogP contribution in [0.15, 0.2) is 34.9 Å². The molecule has 0 saturated heterocycles. The quantitative estimate of drug-likeness (QED) is 0.853. The fourth-order valence-electron chi connectivity index (χ4n) is 1.99. The number of nitrogens with zero attached hydrogens (tertiary/aromatic N) is 1. The van der Waals surface area contributed by atoms with Crippen LogP contribution in [0.1, 0.15) is 24.3 Å². The minimum Gasteiger partial charge on any atom is -0.496 e. The Morgan fingerprint density at radius 3 is 2.86 bits per heavy atom. The number of aromatic nitrogens is 1. The van der Waals surface area contributed by atoms with Crippen LogP contribution in [0.3, 0.4) is 0 Å². The Bertz CT molecular complexity index is 610. The van der Waals surface area contributed by atoms with E-state index >= 15 is 0 Å². The highest BCUT2D eigenvalue weighted by Gasteiger charge is 2.12. The molecule has 0 radical (unpaired) electrons. The van der Waals surface area contributed by atoms with Crippen LogP contribution in [-0.4, -0.2) is 24.7 Å². The lowest BCUT2D eigenvalue weighted by atomic mass is 10.1. The van der Waals surface area contributed by atoms with E-state index in [1.54, 1.807) is 20.1 Å². The Labute approximate surface area is 123 Å².